The minimum atomic E-state index is 0.0162. The monoisotopic (exact) mass is 215 g/mol. The van der Waals surface area contributed by atoms with Gasteiger partial charge in [0, 0.05) is 12.6 Å². The quantitative estimate of drug-likeness (QED) is 0.807. The summed E-state index contributed by atoms with van der Waals surface area (Å²) in [6.45, 7) is 4.29. The summed E-state index contributed by atoms with van der Waals surface area (Å²) in [5.41, 5.74) is 4.41. The largest absolute Gasteiger partial charge is 0.355 e. The van der Waals surface area contributed by atoms with Crippen LogP contribution in [0.25, 0.3) is 6.08 Å². The van der Waals surface area contributed by atoms with E-state index in [-0.39, 0.29) is 5.91 Å². The van der Waals surface area contributed by atoms with Crippen molar-refractivity contribution in [2.75, 3.05) is 7.05 Å². The van der Waals surface area contributed by atoms with E-state index >= 15 is 0 Å². The molecule has 0 saturated heterocycles. The van der Waals surface area contributed by atoms with Crippen molar-refractivity contribution in [3.8, 4) is 0 Å². The average molecular weight is 215 g/mol. The number of fused-ring (bicyclic) bond motifs is 1. The fourth-order valence-electron chi connectivity index (χ4n) is 2.07. The minimum Gasteiger partial charge on any atom is -0.355 e. The number of hydrogen-bond donors (Lipinski definition) is 1. The molecular weight excluding hydrogens is 198 g/mol. The van der Waals surface area contributed by atoms with Crippen molar-refractivity contribution in [3.63, 3.8) is 0 Å². The van der Waals surface area contributed by atoms with Gasteiger partial charge in [0.1, 0.15) is 0 Å². The maximum atomic E-state index is 11.8. The summed E-state index contributed by atoms with van der Waals surface area (Å²) in [7, 11) is 1.68. The van der Waals surface area contributed by atoms with Crippen LogP contribution in [0.4, 0.5) is 0 Å². The van der Waals surface area contributed by atoms with E-state index in [1.807, 2.05) is 6.07 Å². The van der Waals surface area contributed by atoms with Crippen LogP contribution >= 0.6 is 0 Å². The van der Waals surface area contributed by atoms with Crippen LogP contribution in [0.5, 0.6) is 0 Å². The standard InChI is InChI=1S/C14H17NO/c1-9(2)11-7-10-5-4-6-12(10)13(8-11)14(16)15-3/h4-5,7-9H,6H2,1-3H3,(H,15,16). The molecule has 84 valence electrons. The Morgan fingerprint density at radius 2 is 2.12 bits per heavy atom. The van der Waals surface area contributed by atoms with Gasteiger partial charge in [-0.1, -0.05) is 32.1 Å². The molecule has 0 bridgehead atoms. The van der Waals surface area contributed by atoms with Gasteiger partial charge in [0.15, 0.2) is 0 Å². The Hall–Kier alpha value is -1.57. The molecule has 0 saturated carbocycles. The molecular formula is C14H17NO. The van der Waals surface area contributed by atoms with Crippen molar-refractivity contribution in [1.82, 2.24) is 5.32 Å². The SMILES string of the molecule is CNC(=O)c1cc(C(C)C)cc2c1CC=C2. The molecule has 2 heteroatoms. The predicted molar refractivity (Wildman–Crippen MR) is 66.7 cm³/mol. The maximum absolute atomic E-state index is 11.8. The highest BCUT2D eigenvalue weighted by Gasteiger charge is 2.17. The highest BCUT2D eigenvalue weighted by Crippen LogP contribution is 2.28. The molecule has 2 rings (SSSR count). The van der Waals surface area contributed by atoms with E-state index in [0.29, 0.717) is 5.92 Å². The van der Waals surface area contributed by atoms with Crippen molar-refractivity contribution in [1.29, 1.82) is 0 Å². The van der Waals surface area contributed by atoms with Crippen LogP contribution in [0.2, 0.25) is 0 Å². The highest BCUT2D eigenvalue weighted by atomic mass is 16.1. The Kier molecular flexibility index (Phi) is 2.82. The Morgan fingerprint density at radius 3 is 2.75 bits per heavy atom. The van der Waals surface area contributed by atoms with Gasteiger partial charge in [0.25, 0.3) is 5.91 Å². The van der Waals surface area contributed by atoms with Crippen molar-refractivity contribution >= 4 is 12.0 Å². The summed E-state index contributed by atoms with van der Waals surface area (Å²) in [5.74, 6) is 0.463. The molecule has 0 unspecified atom stereocenters. The van der Waals surface area contributed by atoms with Crippen LogP contribution in [0.1, 0.15) is 46.8 Å². The first kappa shape index (κ1) is 10.9. The third-order valence-corrected chi connectivity index (χ3v) is 3.06. The van der Waals surface area contributed by atoms with Crippen LogP contribution in [0.15, 0.2) is 18.2 Å². The zero-order valence-electron chi connectivity index (χ0n) is 10.0. The van der Waals surface area contributed by atoms with Crippen molar-refractivity contribution < 1.29 is 4.79 Å². The number of carbonyl (C=O) groups is 1. The fraction of sp³-hybridized carbons (Fsp3) is 0.357. The van der Waals surface area contributed by atoms with E-state index in [2.05, 4.69) is 37.4 Å². The Balaban J connectivity index is 2.56. The Labute approximate surface area is 96.4 Å². The molecule has 0 aromatic heterocycles. The highest BCUT2D eigenvalue weighted by molar-refractivity contribution is 5.97. The lowest BCUT2D eigenvalue weighted by Gasteiger charge is -2.13. The summed E-state index contributed by atoms with van der Waals surface area (Å²) in [6.07, 6.45) is 5.09. The normalized spacial score (nSPS) is 13.0. The summed E-state index contributed by atoms with van der Waals surface area (Å²) in [5, 5.41) is 2.71. The molecule has 1 aliphatic rings. The molecule has 0 fully saturated rings. The Morgan fingerprint density at radius 1 is 1.38 bits per heavy atom. The smallest absolute Gasteiger partial charge is 0.251 e. The van der Waals surface area contributed by atoms with Gasteiger partial charge in [-0.25, -0.2) is 0 Å². The molecule has 0 atom stereocenters. The van der Waals surface area contributed by atoms with Crippen molar-refractivity contribution in [3.05, 3.63) is 40.5 Å². The summed E-state index contributed by atoms with van der Waals surface area (Å²) in [6, 6.07) is 4.21. The van der Waals surface area contributed by atoms with Crippen molar-refractivity contribution in [2.45, 2.75) is 26.2 Å². The third-order valence-electron chi connectivity index (χ3n) is 3.06. The second-order valence-electron chi connectivity index (χ2n) is 4.48. The van der Waals surface area contributed by atoms with Crippen molar-refractivity contribution in [2.24, 2.45) is 0 Å². The van der Waals surface area contributed by atoms with Crippen LogP contribution in [-0.4, -0.2) is 13.0 Å². The molecule has 0 radical (unpaired) electrons. The van der Waals surface area contributed by atoms with Gasteiger partial charge in [0.2, 0.25) is 0 Å². The molecule has 1 aromatic rings. The van der Waals surface area contributed by atoms with E-state index in [4.69, 9.17) is 0 Å². The van der Waals surface area contributed by atoms with E-state index in [1.54, 1.807) is 7.05 Å². The molecule has 16 heavy (non-hydrogen) atoms. The van der Waals surface area contributed by atoms with E-state index in [1.165, 1.54) is 11.1 Å². The number of nitrogens with one attached hydrogen (secondary N) is 1. The van der Waals surface area contributed by atoms with Crippen LogP contribution in [0, 0.1) is 0 Å². The van der Waals surface area contributed by atoms with Gasteiger partial charge >= 0.3 is 0 Å². The number of hydrogen-bond acceptors (Lipinski definition) is 1. The molecule has 2 nitrogen and oxygen atoms in total. The molecule has 1 aliphatic carbocycles. The molecule has 1 aromatic carbocycles. The summed E-state index contributed by atoms with van der Waals surface area (Å²) >= 11 is 0. The van der Waals surface area contributed by atoms with Gasteiger partial charge < -0.3 is 5.32 Å². The molecule has 0 aliphatic heterocycles. The number of allylic oxidation sites excluding steroid dienone is 1. The predicted octanol–water partition coefficient (Wildman–Crippen LogP) is 2.74. The lowest BCUT2D eigenvalue weighted by molar-refractivity contribution is 0.0962. The van der Waals surface area contributed by atoms with Crippen LogP contribution < -0.4 is 5.32 Å². The van der Waals surface area contributed by atoms with E-state index in [0.717, 1.165) is 17.5 Å². The average Bonchev–Trinajstić information content (AvgIpc) is 2.74. The number of rotatable bonds is 2. The maximum Gasteiger partial charge on any atom is 0.251 e. The first-order chi connectivity index (χ1) is 7.63. The van der Waals surface area contributed by atoms with E-state index in [9.17, 15) is 4.79 Å². The van der Waals surface area contributed by atoms with Gasteiger partial charge in [-0.3, -0.25) is 4.79 Å². The van der Waals surface area contributed by atoms with Gasteiger partial charge in [-0.15, -0.1) is 0 Å². The van der Waals surface area contributed by atoms with Crippen LogP contribution in [-0.2, 0) is 6.42 Å². The Bertz CT molecular complexity index is 458. The summed E-state index contributed by atoms with van der Waals surface area (Å²) < 4.78 is 0. The van der Waals surface area contributed by atoms with Gasteiger partial charge in [0.05, 0.1) is 0 Å². The second kappa shape index (κ2) is 4.12. The molecule has 1 amide bonds. The molecule has 0 spiro atoms. The number of amides is 1. The fourth-order valence-corrected chi connectivity index (χ4v) is 2.07. The van der Waals surface area contributed by atoms with E-state index < -0.39 is 0 Å². The lowest BCUT2D eigenvalue weighted by Crippen LogP contribution is -2.20. The summed E-state index contributed by atoms with van der Waals surface area (Å²) in [4.78, 5) is 11.8. The minimum absolute atomic E-state index is 0.0162. The first-order valence-corrected chi connectivity index (χ1v) is 5.69. The third kappa shape index (κ3) is 1.75. The number of carbonyl (C=O) groups excluding carboxylic acids is 1. The van der Waals surface area contributed by atoms with Gasteiger partial charge in [-0.2, -0.15) is 0 Å². The van der Waals surface area contributed by atoms with Crippen LogP contribution in [0.3, 0.4) is 0 Å². The van der Waals surface area contributed by atoms with Gasteiger partial charge in [-0.05, 0) is 35.1 Å². The molecule has 0 heterocycles. The first-order valence-electron chi connectivity index (χ1n) is 5.69. The second-order valence-corrected chi connectivity index (χ2v) is 4.48. The lowest BCUT2D eigenvalue weighted by atomic mass is 9.93. The topological polar surface area (TPSA) is 29.1 Å². The molecule has 1 N–H and O–H groups in total. The zero-order valence-corrected chi connectivity index (χ0v) is 10.0. The zero-order chi connectivity index (χ0) is 11.7. The number of benzene rings is 1.